The Kier molecular flexibility index (Phi) is 5.28. The number of hydrogen-bond acceptors (Lipinski definition) is 0. The van der Waals surface area contributed by atoms with Crippen LogP contribution in [0.5, 0.6) is 0 Å². The van der Waals surface area contributed by atoms with Crippen LogP contribution in [0.2, 0.25) is 0 Å². The van der Waals surface area contributed by atoms with Crippen LogP contribution in [0.1, 0.15) is 89.5 Å². The molecule has 0 saturated carbocycles. The van der Waals surface area contributed by atoms with Gasteiger partial charge < -0.3 is 0 Å². The van der Waals surface area contributed by atoms with Crippen LogP contribution in [-0.2, 0) is 10.8 Å². The van der Waals surface area contributed by atoms with Gasteiger partial charge in [-0.15, -0.1) is 0 Å². The summed E-state index contributed by atoms with van der Waals surface area (Å²) in [6, 6.07) is 18.4. The number of hydrogen-bond donors (Lipinski definition) is 0. The summed E-state index contributed by atoms with van der Waals surface area (Å²) >= 11 is 0. The fraction of sp³-hybridized carbons (Fsp3) is 0.500. The second kappa shape index (κ2) is 6.75. The third-order valence-corrected chi connectivity index (χ3v) is 5.35. The molecular formula is C24H34. The zero-order chi connectivity index (χ0) is 18.1. The molecule has 2 aromatic carbocycles. The molecule has 130 valence electrons. The lowest BCUT2D eigenvalue weighted by Crippen LogP contribution is -2.12. The highest BCUT2D eigenvalue weighted by molar-refractivity contribution is 5.34. The van der Waals surface area contributed by atoms with Gasteiger partial charge in [0.2, 0.25) is 0 Å². The molecule has 2 atom stereocenters. The Morgan fingerprint density at radius 1 is 0.500 bits per heavy atom. The summed E-state index contributed by atoms with van der Waals surface area (Å²) in [6.45, 7) is 18.3. The van der Waals surface area contributed by atoms with Gasteiger partial charge in [-0.1, -0.05) is 104 Å². The molecule has 0 aliphatic carbocycles. The maximum Gasteiger partial charge on any atom is -0.0124 e. The van der Waals surface area contributed by atoms with E-state index in [1.165, 1.54) is 22.3 Å². The van der Waals surface area contributed by atoms with Gasteiger partial charge >= 0.3 is 0 Å². The lowest BCUT2D eigenvalue weighted by Gasteiger charge is -2.24. The molecule has 24 heavy (non-hydrogen) atoms. The predicted octanol–water partition coefficient (Wildman–Crippen LogP) is 7.19. The molecule has 2 rings (SSSR count). The Balaban J connectivity index is 2.18. The highest BCUT2D eigenvalue weighted by atomic mass is 14.2. The number of rotatable bonds is 3. The molecule has 0 aliphatic heterocycles. The van der Waals surface area contributed by atoms with E-state index < -0.39 is 0 Å². The van der Waals surface area contributed by atoms with Gasteiger partial charge in [-0.05, 0) is 44.9 Å². The summed E-state index contributed by atoms with van der Waals surface area (Å²) in [4.78, 5) is 0. The maximum absolute atomic E-state index is 2.34. The molecule has 0 radical (unpaired) electrons. The van der Waals surface area contributed by atoms with Crippen molar-refractivity contribution >= 4 is 0 Å². The fourth-order valence-corrected chi connectivity index (χ4v) is 3.15. The molecule has 2 aromatic rings. The van der Waals surface area contributed by atoms with E-state index in [1.807, 2.05) is 0 Å². The van der Waals surface area contributed by atoms with Gasteiger partial charge in [0.05, 0.1) is 0 Å². The third kappa shape index (κ3) is 4.29. The zero-order valence-electron chi connectivity index (χ0n) is 16.8. The van der Waals surface area contributed by atoms with Crippen LogP contribution in [0.15, 0.2) is 48.5 Å². The molecule has 0 saturated heterocycles. The Labute approximate surface area is 149 Å². The van der Waals surface area contributed by atoms with Crippen LogP contribution in [0, 0.1) is 0 Å². The van der Waals surface area contributed by atoms with Crippen molar-refractivity contribution in [1.82, 2.24) is 0 Å². The zero-order valence-corrected chi connectivity index (χ0v) is 16.8. The second-order valence-electron chi connectivity index (χ2n) is 9.32. The van der Waals surface area contributed by atoms with Crippen molar-refractivity contribution in [2.75, 3.05) is 0 Å². The normalized spacial score (nSPS) is 15.2. The summed E-state index contributed by atoms with van der Waals surface area (Å²) in [7, 11) is 0. The maximum atomic E-state index is 2.34. The van der Waals surface area contributed by atoms with Crippen molar-refractivity contribution in [3.8, 4) is 0 Å². The van der Waals surface area contributed by atoms with Crippen molar-refractivity contribution < 1.29 is 0 Å². The van der Waals surface area contributed by atoms with E-state index in [9.17, 15) is 0 Å². The van der Waals surface area contributed by atoms with Gasteiger partial charge in [-0.3, -0.25) is 0 Å². The van der Waals surface area contributed by atoms with Crippen molar-refractivity contribution in [3.05, 3.63) is 70.8 Å². The molecule has 0 heteroatoms. The van der Waals surface area contributed by atoms with E-state index in [0.717, 1.165) is 0 Å². The quantitative estimate of drug-likeness (QED) is 0.561. The largest absolute Gasteiger partial charge is 0.0585 e. The minimum absolute atomic E-state index is 0.218. The first kappa shape index (κ1) is 18.8. The van der Waals surface area contributed by atoms with Crippen molar-refractivity contribution in [2.45, 2.75) is 78.1 Å². The molecule has 0 fully saturated rings. The minimum Gasteiger partial charge on any atom is -0.0585 e. The summed E-state index contributed by atoms with van der Waals surface area (Å²) in [5.74, 6) is 1.03. The summed E-state index contributed by atoms with van der Waals surface area (Å²) in [5, 5.41) is 0. The van der Waals surface area contributed by atoms with Crippen LogP contribution in [0.3, 0.4) is 0 Å². The lowest BCUT2D eigenvalue weighted by atomic mass is 9.80. The number of benzene rings is 2. The highest BCUT2D eigenvalue weighted by Gasteiger charge is 2.19. The molecule has 0 N–H and O–H groups in total. The van der Waals surface area contributed by atoms with Gasteiger partial charge in [0.15, 0.2) is 0 Å². The SMILES string of the molecule is C[C@H](c1ccc(C(C)(C)C)cc1)[C@H](C)c1ccc(C(C)(C)C)cc1. The Morgan fingerprint density at radius 2 is 0.750 bits per heavy atom. The smallest absolute Gasteiger partial charge is 0.0124 e. The molecule has 0 spiro atoms. The van der Waals surface area contributed by atoms with Gasteiger partial charge in [0, 0.05) is 0 Å². The summed E-state index contributed by atoms with van der Waals surface area (Å²) in [5.41, 5.74) is 6.10. The van der Waals surface area contributed by atoms with Crippen LogP contribution in [-0.4, -0.2) is 0 Å². The first-order valence-corrected chi connectivity index (χ1v) is 9.21. The van der Waals surface area contributed by atoms with E-state index in [0.29, 0.717) is 11.8 Å². The van der Waals surface area contributed by atoms with Crippen LogP contribution in [0.25, 0.3) is 0 Å². The average Bonchev–Trinajstić information content (AvgIpc) is 2.52. The van der Waals surface area contributed by atoms with Crippen LogP contribution in [0.4, 0.5) is 0 Å². The average molecular weight is 323 g/mol. The molecule has 0 aromatic heterocycles. The summed E-state index contributed by atoms with van der Waals surface area (Å²) in [6.07, 6.45) is 0. The van der Waals surface area contributed by atoms with Crippen molar-refractivity contribution in [2.24, 2.45) is 0 Å². The van der Waals surface area contributed by atoms with Crippen LogP contribution < -0.4 is 0 Å². The van der Waals surface area contributed by atoms with E-state index in [4.69, 9.17) is 0 Å². The van der Waals surface area contributed by atoms with E-state index >= 15 is 0 Å². The molecule has 0 bridgehead atoms. The first-order valence-electron chi connectivity index (χ1n) is 9.21. The monoisotopic (exact) mass is 322 g/mol. The van der Waals surface area contributed by atoms with Crippen molar-refractivity contribution in [1.29, 1.82) is 0 Å². The van der Waals surface area contributed by atoms with Gasteiger partial charge in [0.1, 0.15) is 0 Å². The lowest BCUT2D eigenvalue weighted by molar-refractivity contribution is 0.584. The molecule has 0 aliphatic rings. The molecule has 0 unspecified atom stereocenters. The van der Waals surface area contributed by atoms with E-state index in [2.05, 4.69) is 104 Å². The van der Waals surface area contributed by atoms with E-state index in [-0.39, 0.29) is 10.8 Å². The molecule has 0 nitrogen and oxygen atoms in total. The molecule has 0 amide bonds. The fourth-order valence-electron chi connectivity index (χ4n) is 3.15. The topological polar surface area (TPSA) is 0 Å². The standard InChI is InChI=1S/C24H34/c1-17(19-9-13-21(14-10-19)23(3,4)5)18(2)20-11-15-22(16-12-20)24(6,7)8/h9-18H,1-8H3/t17-,18-/m0/s1. The predicted molar refractivity (Wildman–Crippen MR) is 107 cm³/mol. The Bertz CT molecular complexity index is 584. The Hall–Kier alpha value is -1.56. The third-order valence-electron chi connectivity index (χ3n) is 5.35. The first-order chi connectivity index (χ1) is 11.0. The molecular weight excluding hydrogens is 288 g/mol. The second-order valence-corrected chi connectivity index (χ2v) is 9.32. The molecule has 0 heterocycles. The minimum atomic E-state index is 0.218. The van der Waals surface area contributed by atoms with E-state index in [1.54, 1.807) is 0 Å². The van der Waals surface area contributed by atoms with Crippen molar-refractivity contribution in [3.63, 3.8) is 0 Å². The van der Waals surface area contributed by atoms with Gasteiger partial charge in [-0.25, -0.2) is 0 Å². The van der Waals surface area contributed by atoms with Crippen LogP contribution >= 0.6 is 0 Å². The summed E-state index contributed by atoms with van der Waals surface area (Å²) < 4.78 is 0. The van der Waals surface area contributed by atoms with Gasteiger partial charge in [-0.2, -0.15) is 0 Å². The van der Waals surface area contributed by atoms with Gasteiger partial charge in [0.25, 0.3) is 0 Å². The highest BCUT2D eigenvalue weighted by Crippen LogP contribution is 2.34. The Morgan fingerprint density at radius 3 is 0.958 bits per heavy atom.